The lowest BCUT2D eigenvalue weighted by Crippen LogP contribution is -2.20. The summed E-state index contributed by atoms with van der Waals surface area (Å²) in [4.78, 5) is 4.87. The van der Waals surface area contributed by atoms with Crippen molar-refractivity contribution in [1.29, 1.82) is 0 Å². The first-order valence-corrected chi connectivity index (χ1v) is 11.2. The number of benzene rings is 2. The van der Waals surface area contributed by atoms with Gasteiger partial charge in [-0.15, -0.1) is 0 Å². The summed E-state index contributed by atoms with van der Waals surface area (Å²) in [5, 5.41) is 2.56. The smallest absolute Gasteiger partial charge is 0.139 e. The molecule has 1 aliphatic carbocycles. The van der Waals surface area contributed by atoms with Crippen LogP contribution in [0.5, 0.6) is 0 Å². The summed E-state index contributed by atoms with van der Waals surface area (Å²) in [6, 6.07) is 13.5. The lowest BCUT2D eigenvalue weighted by atomic mass is 9.76. The van der Waals surface area contributed by atoms with Crippen LogP contribution in [0.2, 0.25) is 0 Å². The number of aromatic nitrogens is 1. The van der Waals surface area contributed by atoms with Crippen LogP contribution in [-0.2, 0) is 18.3 Å². The van der Waals surface area contributed by atoms with Gasteiger partial charge < -0.3 is 4.42 Å². The van der Waals surface area contributed by atoms with Gasteiger partial charge in [0.25, 0.3) is 0 Å². The van der Waals surface area contributed by atoms with Crippen molar-refractivity contribution < 1.29 is 4.42 Å². The van der Waals surface area contributed by atoms with E-state index in [4.69, 9.17) is 9.40 Å². The highest BCUT2D eigenvalue weighted by atomic mass is 16.3. The van der Waals surface area contributed by atoms with E-state index in [1.807, 2.05) is 6.20 Å². The van der Waals surface area contributed by atoms with Crippen molar-refractivity contribution in [3.05, 3.63) is 64.8 Å². The Labute approximate surface area is 179 Å². The van der Waals surface area contributed by atoms with Crippen molar-refractivity contribution in [3.63, 3.8) is 0 Å². The van der Waals surface area contributed by atoms with Gasteiger partial charge in [0.2, 0.25) is 0 Å². The molecule has 0 atom stereocenters. The molecule has 2 aromatic heterocycles. The van der Waals surface area contributed by atoms with Gasteiger partial charge in [-0.2, -0.15) is 0 Å². The highest BCUT2D eigenvalue weighted by Crippen LogP contribution is 2.50. The highest BCUT2D eigenvalue weighted by molar-refractivity contribution is 6.16. The molecule has 4 aromatic rings. The van der Waals surface area contributed by atoms with E-state index >= 15 is 0 Å². The molecule has 0 bridgehead atoms. The zero-order valence-electron chi connectivity index (χ0n) is 19.0. The minimum absolute atomic E-state index is 0.147. The Bertz CT molecular complexity index is 1270. The number of nitrogens with zero attached hydrogens (tertiary/aromatic N) is 1. The van der Waals surface area contributed by atoms with Crippen molar-refractivity contribution in [2.75, 3.05) is 0 Å². The van der Waals surface area contributed by atoms with Gasteiger partial charge in [-0.25, -0.2) is 0 Å². The maximum absolute atomic E-state index is 6.75. The topological polar surface area (TPSA) is 26.0 Å². The third-order valence-electron chi connectivity index (χ3n) is 6.60. The Hall–Kier alpha value is -2.61. The van der Waals surface area contributed by atoms with E-state index < -0.39 is 0 Å². The number of fused-ring (bicyclic) bond motifs is 2. The van der Waals surface area contributed by atoms with Crippen LogP contribution in [0.1, 0.15) is 63.8 Å². The van der Waals surface area contributed by atoms with Crippen molar-refractivity contribution in [2.45, 2.75) is 59.8 Å². The van der Waals surface area contributed by atoms with Crippen LogP contribution in [0, 0.1) is 11.8 Å². The molecule has 5 rings (SSSR count). The van der Waals surface area contributed by atoms with Crippen LogP contribution < -0.4 is 0 Å². The van der Waals surface area contributed by atoms with E-state index in [0.29, 0.717) is 11.8 Å². The molecule has 0 fully saturated rings. The molecular weight excluding hydrogens is 366 g/mol. The van der Waals surface area contributed by atoms with Gasteiger partial charge in [0.1, 0.15) is 11.2 Å². The van der Waals surface area contributed by atoms with Crippen LogP contribution in [0.25, 0.3) is 33.2 Å². The standard InChI is InChI=1S/C28H31NO/c1-16(2)14-18-9-11-20-23-24-21(28(5,6)22-8-7-13-29-25(20)22)12-10-19(15-17(3)4)27(24)30-26(18)23/h7-13,16-17H,14-15H2,1-6H3. The number of hydrogen-bond acceptors (Lipinski definition) is 2. The Morgan fingerprint density at radius 1 is 0.800 bits per heavy atom. The van der Waals surface area contributed by atoms with E-state index in [-0.39, 0.29) is 5.41 Å². The highest BCUT2D eigenvalue weighted by Gasteiger charge is 2.35. The summed E-state index contributed by atoms with van der Waals surface area (Å²) in [5.41, 5.74) is 9.54. The first-order valence-electron chi connectivity index (χ1n) is 11.2. The largest absolute Gasteiger partial charge is 0.455 e. The summed E-state index contributed by atoms with van der Waals surface area (Å²) >= 11 is 0. The van der Waals surface area contributed by atoms with E-state index in [2.05, 4.69) is 77.9 Å². The summed E-state index contributed by atoms with van der Waals surface area (Å²) < 4.78 is 6.75. The van der Waals surface area contributed by atoms with E-state index in [9.17, 15) is 0 Å². The van der Waals surface area contributed by atoms with Gasteiger partial charge in [-0.3, -0.25) is 4.98 Å². The Morgan fingerprint density at radius 2 is 1.43 bits per heavy atom. The van der Waals surface area contributed by atoms with E-state index in [1.54, 1.807) is 0 Å². The molecule has 0 saturated heterocycles. The molecule has 0 unspecified atom stereocenters. The molecule has 0 N–H and O–H groups in total. The van der Waals surface area contributed by atoms with Gasteiger partial charge >= 0.3 is 0 Å². The molecule has 1 aliphatic rings. The van der Waals surface area contributed by atoms with Gasteiger partial charge in [0.05, 0.1) is 5.69 Å². The van der Waals surface area contributed by atoms with Crippen molar-refractivity contribution in [3.8, 4) is 11.3 Å². The minimum Gasteiger partial charge on any atom is -0.455 e. The quantitative estimate of drug-likeness (QED) is 0.353. The Morgan fingerprint density at radius 3 is 2.10 bits per heavy atom. The summed E-state index contributed by atoms with van der Waals surface area (Å²) in [5.74, 6) is 1.16. The van der Waals surface area contributed by atoms with E-state index in [1.165, 1.54) is 38.6 Å². The normalized spacial score (nSPS) is 14.8. The second kappa shape index (κ2) is 6.70. The molecule has 2 heteroatoms. The number of hydrogen-bond donors (Lipinski definition) is 0. The summed E-state index contributed by atoms with van der Waals surface area (Å²) in [7, 11) is 0. The molecule has 2 aromatic carbocycles. The Kier molecular flexibility index (Phi) is 4.32. The molecule has 30 heavy (non-hydrogen) atoms. The number of pyridine rings is 1. The number of furan rings is 1. The predicted octanol–water partition coefficient (Wildman–Crippen LogP) is 7.68. The molecule has 0 saturated carbocycles. The third-order valence-corrected chi connectivity index (χ3v) is 6.60. The minimum atomic E-state index is -0.147. The van der Waals surface area contributed by atoms with Gasteiger partial charge in [-0.1, -0.05) is 71.9 Å². The molecule has 0 aliphatic heterocycles. The molecule has 2 heterocycles. The second-order valence-electron chi connectivity index (χ2n) is 10.3. The van der Waals surface area contributed by atoms with Crippen LogP contribution in [0.4, 0.5) is 0 Å². The molecule has 154 valence electrons. The molecular formula is C28H31NO. The fourth-order valence-corrected chi connectivity index (χ4v) is 5.27. The monoisotopic (exact) mass is 397 g/mol. The first-order chi connectivity index (χ1) is 14.3. The lowest BCUT2D eigenvalue weighted by Gasteiger charge is -2.27. The summed E-state index contributed by atoms with van der Waals surface area (Å²) in [6.07, 6.45) is 3.96. The lowest BCUT2D eigenvalue weighted by molar-refractivity contribution is 0.606. The average Bonchev–Trinajstić information content (AvgIpc) is 3.06. The fourth-order valence-electron chi connectivity index (χ4n) is 5.27. The van der Waals surface area contributed by atoms with Crippen molar-refractivity contribution in [1.82, 2.24) is 4.98 Å². The van der Waals surface area contributed by atoms with Gasteiger partial charge in [0.15, 0.2) is 0 Å². The van der Waals surface area contributed by atoms with Gasteiger partial charge in [-0.05, 0) is 53.0 Å². The first kappa shape index (κ1) is 19.4. The summed E-state index contributed by atoms with van der Waals surface area (Å²) in [6.45, 7) is 13.8. The zero-order valence-corrected chi connectivity index (χ0v) is 19.0. The zero-order chi connectivity index (χ0) is 21.2. The fraction of sp³-hybridized carbons (Fsp3) is 0.393. The second-order valence-corrected chi connectivity index (χ2v) is 10.3. The molecule has 2 nitrogen and oxygen atoms in total. The maximum Gasteiger partial charge on any atom is 0.139 e. The third kappa shape index (κ3) is 2.73. The maximum atomic E-state index is 6.75. The van der Waals surface area contributed by atoms with E-state index in [0.717, 1.165) is 29.7 Å². The van der Waals surface area contributed by atoms with Crippen molar-refractivity contribution >= 4 is 21.9 Å². The SMILES string of the molecule is CC(C)Cc1ccc2c3c1oc1c(CC(C)C)ccc(c13)C(C)(C)c1cccnc1-2. The van der Waals surface area contributed by atoms with Crippen LogP contribution in [0.3, 0.4) is 0 Å². The molecule has 0 radical (unpaired) electrons. The van der Waals surface area contributed by atoms with Crippen LogP contribution >= 0.6 is 0 Å². The molecule has 0 spiro atoms. The average molecular weight is 398 g/mol. The molecule has 0 amide bonds. The predicted molar refractivity (Wildman–Crippen MR) is 126 cm³/mol. The van der Waals surface area contributed by atoms with Crippen LogP contribution in [-0.4, -0.2) is 4.98 Å². The Balaban J connectivity index is 1.99. The van der Waals surface area contributed by atoms with Crippen LogP contribution in [0.15, 0.2) is 47.0 Å². The number of rotatable bonds is 4. The van der Waals surface area contributed by atoms with Crippen molar-refractivity contribution in [2.24, 2.45) is 11.8 Å². The van der Waals surface area contributed by atoms with Gasteiger partial charge in [0, 0.05) is 27.9 Å².